The Kier molecular flexibility index (Phi) is 9.18. The van der Waals surface area contributed by atoms with Gasteiger partial charge in [-0.1, -0.05) is 23.2 Å². The summed E-state index contributed by atoms with van der Waals surface area (Å²) in [4.78, 5) is 41.2. The van der Waals surface area contributed by atoms with Crippen LogP contribution in [0.25, 0.3) is 22.4 Å². The molecule has 0 saturated carbocycles. The van der Waals surface area contributed by atoms with Gasteiger partial charge in [-0.3, -0.25) is 14.4 Å². The zero-order valence-corrected chi connectivity index (χ0v) is 23.8. The van der Waals surface area contributed by atoms with Crippen molar-refractivity contribution in [3.8, 4) is 34.2 Å². The third kappa shape index (κ3) is 6.72. The van der Waals surface area contributed by atoms with Gasteiger partial charge in [0, 0.05) is 59.2 Å². The fourth-order valence-corrected chi connectivity index (χ4v) is 5.37. The first-order valence-corrected chi connectivity index (χ1v) is 13.6. The highest BCUT2D eigenvalue weighted by molar-refractivity contribution is 6.33. The van der Waals surface area contributed by atoms with Crippen LogP contribution in [0, 0.1) is 17.2 Å². The van der Waals surface area contributed by atoms with Crippen molar-refractivity contribution in [1.82, 2.24) is 15.2 Å². The van der Waals surface area contributed by atoms with Gasteiger partial charge in [0.05, 0.1) is 11.3 Å². The van der Waals surface area contributed by atoms with Gasteiger partial charge in [0.25, 0.3) is 5.56 Å². The molecule has 0 unspecified atom stereocenters. The highest BCUT2D eigenvalue weighted by Gasteiger charge is 2.32. The van der Waals surface area contributed by atoms with Crippen molar-refractivity contribution in [1.29, 1.82) is 5.26 Å². The van der Waals surface area contributed by atoms with Gasteiger partial charge in [0.1, 0.15) is 17.4 Å². The Balaban J connectivity index is 1.62. The molecule has 1 saturated heterocycles. The lowest BCUT2D eigenvalue weighted by molar-refractivity contribution is -0.137. The number of H-pyrrole nitrogens is 1. The number of aromatic nitrogens is 1. The molecule has 8 nitrogen and oxygen atoms in total. The Morgan fingerprint density at radius 3 is 2.43 bits per heavy atom. The molecule has 3 aromatic rings. The first kappa shape index (κ1) is 30.9. The number of hydrogen-bond acceptors (Lipinski definition) is 5. The Labute approximate surface area is 248 Å². The molecular formula is C29H25Cl2F3N4O4. The topological polar surface area (TPSA) is 126 Å². The number of nitrogens with one attached hydrogen (secondary N) is 2. The van der Waals surface area contributed by atoms with Crippen LogP contribution < -0.4 is 10.9 Å². The lowest BCUT2D eigenvalue weighted by atomic mass is 9.95. The van der Waals surface area contributed by atoms with Gasteiger partial charge in [-0.25, -0.2) is 0 Å². The van der Waals surface area contributed by atoms with E-state index in [0.29, 0.717) is 31.5 Å². The summed E-state index contributed by atoms with van der Waals surface area (Å²) in [5, 5.41) is 23.6. The van der Waals surface area contributed by atoms with Gasteiger partial charge >= 0.3 is 6.18 Å². The van der Waals surface area contributed by atoms with E-state index in [1.807, 2.05) is 0 Å². The molecule has 0 bridgehead atoms. The Morgan fingerprint density at radius 2 is 1.81 bits per heavy atom. The third-order valence-electron chi connectivity index (χ3n) is 7.18. The van der Waals surface area contributed by atoms with E-state index in [0.717, 1.165) is 18.2 Å². The molecular weight excluding hydrogens is 596 g/mol. The molecule has 3 N–H and O–H groups in total. The van der Waals surface area contributed by atoms with Crippen molar-refractivity contribution in [2.45, 2.75) is 32.4 Å². The Bertz CT molecular complexity index is 1640. The molecule has 0 spiro atoms. The largest absolute Gasteiger partial charge is 0.507 e. The maximum Gasteiger partial charge on any atom is 0.416 e. The van der Waals surface area contributed by atoms with Gasteiger partial charge in [-0.2, -0.15) is 18.4 Å². The van der Waals surface area contributed by atoms with Gasteiger partial charge in [-0.15, -0.1) is 0 Å². The monoisotopic (exact) mass is 620 g/mol. The van der Waals surface area contributed by atoms with E-state index in [-0.39, 0.29) is 68.9 Å². The molecule has 1 aliphatic heterocycles. The molecule has 1 aliphatic rings. The summed E-state index contributed by atoms with van der Waals surface area (Å²) in [6, 6.07) is 8.37. The van der Waals surface area contributed by atoms with Crippen molar-refractivity contribution in [2.75, 3.05) is 19.6 Å². The summed E-state index contributed by atoms with van der Waals surface area (Å²) < 4.78 is 40.2. The first-order valence-electron chi connectivity index (χ1n) is 12.9. The van der Waals surface area contributed by atoms with Gasteiger partial charge in [0.2, 0.25) is 11.8 Å². The molecule has 0 atom stereocenters. The van der Waals surface area contributed by atoms with Crippen molar-refractivity contribution < 1.29 is 27.9 Å². The number of aromatic hydroxyl groups is 1. The van der Waals surface area contributed by atoms with Crippen LogP contribution in [0.15, 0.2) is 41.2 Å². The predicted molar refractivity (Wildman–Crippen MR) is 151 cm³/mol. The minimum Gasteiger partial charge on any atom is -0.507 e. The van der Waals surface area contributed by atoms with E-state index in [2.05, 4.69) is 10.3 Å². The maximum atomic E-state index is 13.4. The standard InChI is InChI=1S/C29H25Cl2F3N4O4/c1-15(39)38-8-5-16(6-9-38)27(41)36-7-4-17-10-19(30)12-22(26(17)40)25-13-20(23(14-35)28(42)37-25)21-11-18(29(32,33)34)2-3-24(21)31/h2-3,10-13,16,40H,4-9H2,1H3,(H,36,41)(H,37,42). The fourth-order valence-electron chi connectivity index (χ4n) is 4.91. The number of carbonyl (C=O) groups excluding carboxylic acids is 2. The Hall–Kier alpha value is -4.01. The molecule has 13 heteroatoms. The van der Waals surface area contributed by atoms with Crippen LogP contribution in [0.5, 0.6) is 5.75 Å². The highest BCUT2D eigenvalue weighted by atomic mass is 35.5. The van der Waals surface area contributed by atoms with E-state index >= 15 is 0 Å². The number of phenolic OH excluding ortho intramolecular Hbond substituents is 1. The maximum absolute atomic E-state index is 13.4. The van der Waals surface area contributed by atoms with Crippen molar-refractivity contribution in [3.63, 3.8) is 0 Å². The number of piperidine rings is 1. The van der Waals surface area contributed by atoms with Crippen LogP contribution in [0.2, 0.25) is 10.0 Å². The number of alkyl halides is 3. The number of aromatic amines is 1. The molecule has 42 heavy (non-hydrogen) atoms. The zero-order valence-electron chi connectivity index (χ0n) is 22.2. The number of carbonyl (C=O) groups is 2. The average Bonchev–Trinajstić information content (AvgIpc) is 2.93. The Morgan fingerprint density at radius 1 is 1.12 bits per heavy atom. The molecule has 2 aromatic carbocycles. The van der Waals surface area contributed by atoms with E-state index in [1.165, 1.54) is 25.1 Å². The summed E-state index contributed by atoms with van der Waals surface area (Å²) in [7, 11) is 0. The quantitative estimate of drug-likeness (QED) is 0.334. The average molecular weight is 621 g/mol. The third-order valence-corrected chi connectivity index (χ3v) is 7.73. The number of pyridine rings is 1. The van der Waals surface area contributed by atoms with Crippen LogP contribution in [0.3, 0.4) is 0 Å². The molecule has 2 heterocycles. The zero-order chi connectivity index (χ0) is 30.8. The summed E-state index contributed by atoms with van der Waals surface area (Å²) in [5.41, 5.74) is -2.33. The van der Waals surface area contributed by atoms with Gasteiger partial charge in [0.15, 0.2) is 0 Å². The number of nitriles is 1. The highest BCUT2D eigenvalue weighted by Crippen LogP contribution is 2.39. The van der Waals surface area contributed by atoms with Crippen LogP contribution in [-0.4, -0.2) is 46.4 Å². The van der Waals surface area contributed by atoms with Crippen molar-refractivity contribution >= 4 is 35.0 Å². The second-order valence-electron chi connectivity index (χ2n) is 9.89. The van der Waals surface area contributed by atoms with E-state index < -0.39 is 22.9 Å². The number of rotatable bonds is 6. The number of halogens is 5. The second-order valence-corrected chi connectivity index (χ2v) is 10.7. The molecule has 0 radical (unpaired) electrons. The van der Waals surface area contributed by atoms with E-state index in [9.17, 15) is 37.9 Å². The van der Waals surface area contributed by atoms with Crippen LogP contribution in [-0.2, 0) is 22.2 Å². The normalized spacial score (nSPS) is 14.0. The minimum atomic E-state index is -4.70. The smallest absolute Gasteiger partial charge is 0.416 e. The van der Waals surface area contributed by atoms with E-state index in [4.69, 9.17) is 23.2 Å². The first-order chi connectivity index (χ1) is 19.8. The van der Waals surface area contributed by atoms with Crippen molar-refractivity contribution in [2.24, 2.45) is 5.92 Å². The molecule has 2 amide bonds. The molecule has 1 aromatic heterocycles. The van der Waals surface area contributed by atoms with Crippen molar-refractivity contribution in [3.05, 3.63) is 73.5 Å². The van der Waals surface area contributed by atoms with Gasteiger partial charge in [-0.05, 0) is 61.2 Å². The van der Waals surface area contributed by atoms with Crippen LogP contribution in [0.1, 0.15) is 36.5 Å². The summed E-state index contributed by atoms with van der Waals surface area (Å²) >= 11 is 12.5. The minimum absolute atomic E-state index is 0.00926. The fraction of sp³-hybridized carbons (Fsp3) is 0.310. The summed E-state index contributed by atoms with van der Waals surface area (Å²) in [6.45, 7) is 2.65. The van der Waals surface area contributed by atoms with Gasteiger partial charge < -0.3 is 20.3 Å². The summed E-state index contributed by atoms with van der Waals surface area (Å²) in [5.74, 6) is -0.715. The number of amides is 2. The SMILES string of the molecule is CC(=O)N1CCC(C(=O)NCCc2cc(Cl)cc(-c3cc(-c4cc(C(F)(F)F)ccc4Cl)c(C#N)c(=O)[nH]3)c2O)CC1. The predicted octanol–water partition coefficient (Wildman–Crippen LogP) is 5.53. The van der Waals surface area contributed by atoms with E-state index in [1.54, 1.807) is 11.0 Å². The number of hydrogen-bond donors (Lipinski definition) is 3. The molecule has 4 rings (SSSR count). The number of phenols is 1. The number of benzene rings is 2. The number of nitrogens with zero attached hydrogens (tertiary/aromatic N) is 2. The van der Waals surface area contributed by atoms with Crippen LogP contribution >= 0.6 is 23.2 Å². The lowest BCUT2D eigenvalue weighted by Crippen LogP contribution is -2.42. The number of likely N-dealkylation sites (tertiary alicyclic amines) is 1. The second kappa shape index (κ2) is 12.5. The molecule has 1 fully saturated rings. The van der Waals surface area contributed by atoms with Crippen LogP contribution in [0.4, 0.5) is 13.2 Å². The molecule has 0 aliphatic carbocycles. The lowest BCUT2D eigenvalue weighted by Gasteiger charge is -2.30. The summed E-state index contributed by atoms with van der Waals surface area (Å²) in [6.07, 6.45) is -3.44. The molecule has 220 valence electrons.